The monoisotopic (exact) mass is 546 g/mol. The first-order valence-electron chi connectivity index (χ1n) is 10.7. The number of nitrogens with two attached hydrogens (primary N) is 2. The zero-order chi connectivity index (χ0) is 24.8. The molecule has 2 aromatic rings. The molecule has 0 aliphatic carbocycles. The van der Waals surface area contributed by atoms with E-state index in [1.54, 1.807) is 12.1 Å². The van der Waals surface area contributed by atoms with E-state index >= 15 is 0 Å². The van der Waals surface area contributed by atoms with E-state index in [4.69, 9.17) is 21.3 Å². The molecule has 0 saturated carbocycles. The number of amides is 2. The van der Waals surface area contributed by atoms with Crippen LogP contribution in [0.15, 0.2) is 36.4 Å². The molecule has 1 aliphatic rings. The Bertz CT molecular complexity index is 1090. The standard InChI is InChI=1S/C23H27FN4O6.2ClH/c24-16-5-3-12-8-14(16)11-20(34-23(32)33)28-22(31)18(2-1-7-25)27-21(30)17(26)10-15-9-13(12)4-6-19(15)29;;/h3-6,8-9,17-18,20,29H,1-2,7,10-11,25-26H2,(H,27,30)(H,28,31)(H,32,33);2*1H/t17-,18-,20-;;/m0../s1. The number of nitrogens with one attached hydrogen (secondary N) is 2. The SMILES string of the molecule is Cl.Cl.NCCC[C@@H]1NC(=O)[C@@H](N)Cc2cc(ccc2O)-c2ccc(F)c(c2)C[C@H](OC(=O)O)NC1=O. The highest BCUT2D eigenvalue weighted by molar-refractivity contribution is 5.90. The number of hydrogen-bond donors (Lipinski definition) is 6. The molecule has 3 rings (SSSR count). The summed E-state index contributed by atoms with van der Waals surface area (Å²) in [6, 6.07) is 6.78. The van der Waals surface area contributed by atoms with E-state index in [0.29, 0.717) is 23.1 Å². The van der Waals surface area contributed by atoms with Crippen molar-refractivity contribution in [2.45, 2.75) is 44.0 Å². The average Bonchev–Trinajstić information content (AvgIpc) is 2.78. The number of phenols is 1. The van der Waals surface area contributed by atoms with Crippen molar-refractivity contribution in [2.75, 3.05) is 6.54 Å². The first-order valence-corrected chi connectivity index (χ1v) is 10.7. The second-order valence-corrected chi connectivity index (χ2v) is 8.04. The molecule has 3 atom stereocenters. The molecule has 2 amide bonds. The van der Waals surface area contributed by atoms with Gasteiger partial charge in [-0.25, -0.2) is 9.18 Å². The highest BCUT2D eigenvalue weighted by atomic mass is 35.5. The van der Waals surface area contributed by atoms with Crippen LogP contribution >= 0.6 is 24.8 Å². The third-order valence-corrected chi connectivity index (χ3v) is 5.52. The Balaban J connectivity index is 0.00000324. The lowest BCUT2D eigenvalue weighted by Crippen LogP contribution is -2.54. The molecule has 2 aromatic carbocycles. The zero-order valence-electron chi connectivity index (χ0n) is 19.1. The molecule has 1 heterocycles. The van der Waals surface area contributed by atoms with E-state index in [1.807, 2.05) is 0 Å². The van der Waals surface area contributed by atoms with Crippen LogP contribution in [0.1, 0.15) is 24.0 Å². The number of hydrogen-bond acceptors (Lipinski definition) is 7. The Morgan fingerprint density at radius 3 is 2.31 bits per heavy atom. The molecular weight excluding hydrogens is 518 g/mol. The number of phenolic OH excluding ortho intramolecular Hbond substituents is 1. The van der Waals surface area contributed by atoms with Crippen molar-refractivity contribution in [1.29, 1.82) is 0 Å². The fourth-order valence-electron chi connectivity index (χ4n) is 3.74. The summed E-state index contributed by atoms with van der Waals surface area (Å²) in [6.07, 6.45) is -2.84. The van der Waals surface area contributed by atoms with Gasteiger partial charge in [-0.1, -0.05) is 12.1 Å². The fourth-order valence-corrected chi connectivity index (χ4v) is 3.74. The van der Waals surface area contributed by atoms with Crippen molar-refractivity contribution in [3.8, 4) is 16.9 Å². The Labute approximate surface area is 219 Å². The maximum atomic E-state index is 14.6. The number of carbonyl (C=O) groups excluding carboxylic acids is 2. The van der Waals surface area contributed by atoms with Crippen LogP contribution in [0.4, 0.5) is 9.18 Å². The summed E-state index contributed by atoms with van der Waals surface area (Å²) in [7, 11) is 0. The minimum atomic E-state index is -1.66. The highest BCUT2D eigenvalue weighted by Gasteiger charge is 2.28. The van der Waals surface area contributed by atoms with Gasteiger partial charge < -0.3 is 37.1 Å². The lowest BCUT2D eigenvalue weighted by molar-refractivity contribution is -0.131. The molecule has 1 aliphatic heterocycles. The zero-order valence-corrected chi connectivity index (χ0v) is 20.7. The Morgan fingerprint density at radius 2 is 1.67 bits per heavy atom. The van der Waals surface area contributed by atoms with Gasteiger partial charge in [0, 0.05) is 12.8 Å². The maximum Gasteiger partial charge on any atom is 0.507 e. The molecule has 0 radical (unpaired) electrons. The molecule has 4 bridgehead atoms. The topological polar surface area (TPSA) is 177 Å². The minimum Gasteiger partial charge on any atom is -0.508 e. The molecule has 0 unspecified atom stereocenters. The van der Waals surface area contributed by atoms with Crippen LogP contribution in [0.5, 0.6) is 5.75 Å². The summed E-state index contributed by atoms with van der Waals surface area (Å²) >= 11 is 0. The predicted molar refractivity (Wildman–Crippen MR) is 135 cm³/mol. The number of aromatic hydroxyl groups is 1. The molecule has 8 N–H and O–H groups in total. The van der Waals surface area contributed by atoms with Crippen LogP contribution in [-0.4, -0.2) is 53.0 Å². The molecule has 0 saturated heterocycles. The highest BCUT2D eigenvalue weighted by Crippen LogP contribution is 2.29. The maximum absolute atomic E-state index is 14.6. The second-order valence-electron chi connectivity index (χ2n) is 8.04. The van der Waals surface area contributed by atoms with Gasteiger partial charge in [0.05, 0.1) is 6.04 Å². The van der Waals surface area contributed by atoms with Crippen molar-refractivity contribution < 1.29 is 33.7 Å². The number of carboxylic acid groups (broad SMARTS) is 1. The predicted octanol–water partition coefficient (Wildman–Crippen LogP) is 1.83. The number of benzene rings is 2. The van der Waals surface area contributed by atoms with Crippen LogP contribution in [0.2, 0.25) is 0 Å². The van der Waals surface area contributed by atoms with Gasteiger partial charge in [0.25, 0.3) is 0 Å². The van der Waals surface area contributed by atoms with E-state index in [2.05, 4.69) is 10.6 Å². The Kier molecular flexibility index (Phi) is 11.9. The first kappa shape index (κ1) is 30.9. The van der Waals surface area contributed by atoms with Gasteiger partial charge in [0.15, 0.2) is 6.23 Å². The van der Waals surface area contributed by atoms with Crippen LogP contribution < -0.4 is 22.1 Å². The summed E-state index contributed by atoms with van der Waals surface area (Å²) in [5.74, 6) is -2.05. The first-order chi connectivity index (χ1) is 16.2. The molecule has 0 fully saturated rings. The van der Waals surface area contributed by atoms with Crippen molar-refractivity contribution in [3.63, 3.8) is 0 Å². The van der Waals surface area contributed by atoms with E-state index in [9.17, 15) is 23.9 Å². The molecule has 0 spiro atoms. The molecule has 13 heteroatoms. The number of halogens is 3. The lowest BCUT2D eigenvalue weighted by atomic mass is 9.96. The summed E-state index contributed by atoms with van der Waals surface area (Å²) in [5, 5.41) is 24.4. The van der Waals surface area contributed by atoms with Gasteiger partial charge in [-0.3, -0.25) is 9.59 Å². The van der Waals surface area contributed by atoms with Crippen LogP contribution in [0.25, 0.3) is 11.1 Å². The third kappa shape index (κ3) is 7.95. The number of carbonyl (C=O) groups is 3. The average molecular weight is 547 g/mol. The van der Waals surface area contributed by atoms with Gasteiger partial charge in [0.1, 0.15) is 17.6 Å². The van der Waals surface area contributed by atoms with E-state index in [0.717, 1.165) is 0 Å². The van der Waals surface area contributed by atoms with Crippen LogP contribution in [0.3, 0.4) is 0 Å². The number of ether oxygens (including phenoxy) is 1. The third-order valence-electron chi connectivity index (χ3n) is 5.52. The van der Waals surface area contributed by atoms with Gasteiger partial charge in [-0.15, -0.1) is 24.8 Å². The van der Waals surface area contributed by atoms with Gasteiger partial charge in [-0.05, 0) is 65.9 Å². The largest absolute Gasteiger partial charge is 0.508 e. The van der Waals surface area contributed by atoms with E-state index in [1.165, 1.54) is 24.3 Å². The smallest absolute Gasteiger partial charge is 0.507 e. The van der Waals surface area contributed by atoms with E-state index in [-0.39, 0.29) is 61.9 Å². The molecule has 10 nitrogen and oxygen atoms in total. The second kappa shape index (κ2) is 13.8. The molecule has 198 valence electrons. The minimum absolute atomic E-state index is 0. The van der Waals surface area contributed by atoms with Gasteiger partial charge in [0.2, 0.25) is 11.8 Å². The fraction of sp³-hybridized carbons (Fsp3) is 0.348. The van der Waals surface area contributed by atoms with Gasteiger partial charge >= 0.3 is 6.16 Å². The lowest BCUT2D eigenvalue weighted by Gasteiger charge is -2.24. The normalized spacial score (nSPS) is 19.8. The van der Waals surface area contributed by atoms with Crippen LogP contribution in [0, 0.1) is 5.82 Å². The van der Waals surface area contributed by atoms with Crippen molar-refractivity contribution in [3.05, 3.63) is 53.3 Å². The van der Waals surface area contributed by atoms with Gasteiger partial charge in [-0.2, -0.15) is 0 Å². The Morgan fingerprint density at radius 1 is 1.03 bits per heavy atom. The van der Waals surface area contributed by atoms with Crippen molar-refractivity contribution in [2.24, 2.45) is 11.5 Å². The summed E-state index contributed by atoms with van der Waals surface area (Å²) in [5.41, 5.74) is 13.3. The molecule has 36 heavy (non-hydrogen) atoms. The molecule has 0 aromatic heterocycles. The van der Waals surface area contributed by atoms with Crippen molar-refractivity contribution >= 4 is 42.8 Å². The molecular formula is C23H29Cl2FN4O6. The van der Waals surface area contributed by atoms with Crippen LogP contribution in [-0.2, 0) is 27.2 Å². The van der Waals surface area contributed by atoms with Crippen molar-refractivity contribution in [1.82, 2.24) is 10.6 Å². The Hall–Kier alpha value is -3.12. The van der Waals surface area contributed by atoms with E-state index < -0.39 is 42.1 Å². The number of fused-ring (bicyclic) bond motifs is 5. The summed E-state index contributed by atoms with van der Waals surface area (Å²) in [4.78, 5) is 36.8. The quantitative estimate of drug-likeness (QED) is 0.314. The summed E-state index contributed by atoms with van der Waals surface area (Å²) < 4.78 is 19.4. The summed E-state index contributed by atoms with van der Waals surface area (Å²) in [6.45, 7) is 0.249. The number of rotatable bonds is 4.